The number of nitrogen functional groups attached to an aromatic ring is 1. The van der Waals surface area contributed by atoms with Crippen molar-refractivity contribution in [1.82, 2.24) is 9.78 Å². The Morgan fingerprint density at radius 1 is 0.963 bits per heavy atom. The van der Waals surface area contributed by atoms with E-state index in [0.717, 1.165) is 36.2 Å². The smallest absolute Gasteiger partial charge is 0.156 e. The molecule has 4 rings (SSSR count). The Morgan fingerprint density at radius 2 is 1.63 bits per heavy atom. The highest BCUT2D eigenvalue weighted by molar-refractivity contribution is 5.91. The summed E-state index contributed by atoms with van der Waals surface area (Å²) in [5, 5.41) is 4.71. The van der Waals surface area contributed by atoms with Gasteiger partial charge in [0.1, 0.15) is 23.0 Å². The summed E-state index contributed by atoms with van der Waals surface area (Å²) in [5.74, 6) is 1.98. The first-order valence-corrected chi connectivity index (χ1v) is 9.43. The minimum absolute atomic E-state index is 0.284. The summed E-state index contributed by atoms with van der Waals surface area (Å²) in [4.78, 5) is 11.7. The van der Waals surface area contributed by atoms with Crippen molar-refractivity contribution < 1.29 is 9.53 Å². The maximum absolute atomic E-state index is 11.7. The van der Waals surface area contributed by atoms with E-state index >= 15 is 0 Å². The zero-order chi connectivity index (χ0) is 18.6. The lowest BCUT2D eigenvalue weighted by Gasteiger charge is -2.22. The number of benzene rings is 2. The first kappa shape index (κ1) is 17.3. The van der Waals surface area contributed by atoms with Gasteiger partial charge in [-0.25, -0.2) is 4.68 Å². The molecule has 1 saturated carbocycles. The van der Waals surface area contributed by atoms with Gasteiger partial charge in [0.2, 0.25) is 0 Å². The minimum Gasteiger partial charge on any atom is -0.457 e. The molecule has 138 valence electrons. The Kier molecular flexibility index (Phi) is 4.92. The molecule has 1 aliphatic carbocycles. The van der Waals surface area contributed by atoms with Crippen molar-refractivity contribution >= 4 is 12.1 Å². The Morgan fingerprint density at radius 3 is 2.30 bits per heavy atom. The SMILES string of the molecule is Nc1c(C=O)c(-c2ccc(Oc3ccccc3)cc2)nn1C1CCCCC1. The predicted octanol–water partition coefficient (Wildman–Crippen LogP) is 5.24. The largest absolute Gasteiger partial charge is 0.457 e. The summed E-state index contributed by atoms with van der Waals surface area (Å²) in [7, 11) is 0. The van der Waals surface area contributed by atoms with E-state index in [9.17, 15) is 4.79 Å². The van der Waals surface area contributed by atoms with Gasteiger partial charge in [-0.05, 0) is 49.2 Å². The molecule has 5 nitrogen and oxygen atoms in total. The van der Waals surface area contributed by atoms with Crippen molar-refractivity contribution in [1.29, 1.82) is 0 Å². The van der Waals surface area contributed by atoms with Gasteiger partial charge in [0.25, 0.3) is 0 Å². The molecule has 0 atom stereocenters. The van der Waals surface area contributed by atoms with E-state index in [1.807, 2.05) is 59.3 Å². The summed E-state index contributed by atoms with van der Waals surface area (Å²) >= 11 is 0. The second kappa shape index (κ2) is 7.66. The molecular formula is C22H23N3O2. The highest BCUT2D eigenvalue weighted by Crippen LogP contribution is 2.34. The quantitative estimate of drug-likeness (QED) is 0.631. The van der Waals surface area contributed by atoms with E-state index < -0.39 is 0 Å². The van der Waals surface area contributed by atoms with Crippen LogP contribution in [0.1, 0.15) is 48.5 Å². The predicted molar refractivity (Wildman–Crippen MR) is 106 cm³/mol. The van der Waals surface area contributed by atoms with Crippen molar-refractivity contribution in [2.24, 2.45) is 0 Å². The normalized spacial score (nSPS) is 14.8. The highest BCUT2D eigenvalue weighted by Gasteiger charge is 2.23. The van der Waals surface area contributed by atoms with Crippen molar-refractivity contribution in [3.8, 4) is 22.8 Å². The van der Waals surface area contributed by atoms with Crippen molar-refractivity contribution in [3.05, 3.63) is 60.2 Å². The Balaban J connectivity index is 1.61. The molecule has 1 aliphatic rings. The molecule has 5 heteroatoms. The number of nitrogens with two attached hydrogens (primary N) is 1. The summed E-state index contributed by atoms with van der Waals surface area (Å²) in [6.45, 7) is 0. The zero-order valence-corrected chi connectivity index (χ0v) is 15.2. The summed E-state index contributed by atoms with van der Waals surface area (Å²) in [5.41, 5.74) is 8.23. The third-order valence-electron chi connectivity index (χ3n) is 5.13. The Hall–Kier alpha value is -3.08. The van der Waals surface area contributed by atoms with Gasteiger partial charge in [-0.2, -0.15) is 5.10 Å². The third-order valence-corrected chi connectivity index (χ3v) is 5.13. The number of para-hydroxylation sites is 1. The fraction of sp³-hybridized carbons (Fsp3) is 0.273. The number of carbonyl (C=O) groups is 1. The van der Waals surface area contributed by atoms with Crippen molar-refractivity contribution in [2.75, 3.05) is 5.73 Å². The standard InChI is InChI=1S/C22H23N3O2/c23-22-20(15-26)21(24-25(22)17-7-3-1-4-8-17)16-11-13-19(14-12-16)27-18-9-5-2-6-10-18/h2,5-6,9-15,17H,1,3-4,7-8,23H2. The van der Waals surface area contributed by atoms with E-state index in [1.54, 1.807) is 0 Å². The lowest BCUT2D eigenvalue weighted by atomic mass is 9.96. The molecule has 1 heterocycles. The van der Waals surface area contributed by atoms with Crippen LogP contribution in [0.2, 0.25) is 0 Å². The summed E-state index contributed by atoms with van der Waals surface area (Å²) < 4.78 is 7.68. The van der Waals surface area contributed by atoms with Crippen LogP contribution in [-0.2, 0) is 0 Å². The van der Waals surface area contributed by atoms with Crippen LogP contribution < -0.4 is 10.5 Å². The number of aromatic nitrogens is 2. The van der Waals surface area contributed by atoms with Gasteiger partial charge in [-0.15, -0.1) is 0 Å². The van der Waals surface area contributed by atoms with Crippen molar-refractivity contribution in [2.45, 2.75) is 38.1 Å². The van der Waals surface area contributed by atoms with Gasteiger partial charge in [-0.3, -0.25) is 4.79 Å². The average molecular weight is 361 g/mol. The molecule has 0 bridgehead atoms. The number of aldehydes is 1. The molecule has 1 aromatic heterocycles. The monoisotopic (exact) mass is 361 g/mol. The van der Waals surface area contributed by atoms with E-state index in [4.69, 9.17) is 15.6 Å². The van der Waals surface area contributed by atoms with Crippen LogP contribution in [0.25, 0.3) is 11.3 Å². The van der Waals surface area contributed by atoms with Crippen LogP contribution in [0.5, 0.6) is 11.5 Å². The molecule has 3 aromatic rings. The topological polar surface area (TPSA) is 70.1 Å². The number of hydrogen-bond donors (Lipinski definition) is 1. The fourth-order valence-electron chi connectivity index (χ4n) is 3.70. The zero-order valence-electron chi connectivity index (χ0n) is 15.2. The number of hydrogen-bond acceptors (Lipinski definition) is 4. The van der Waals surface area contributed by atoms with Crippen molar-refractivity contribution in [3.63, 3.8) is 0 Å². The average Bonchev–Trinajstić information content (AvgIpc) is 3.06. The maximum Gasteiger partial charge on any atom is 0.156 e. The maximum atomic E-state index is 11.7. The van der Waals surface area contributed by atoms with Gasteiger partial charge in [0.15, 0.2) is 6.29 Å². The van der Waals surface area contributed by atoms with Crippen LogP contribution in [0.15, 0.2) is 54.6 Å². The van der Waals surface area contributed by atoms with Gasteiger partial charge in [-0.1, -0.05) is 37.5 Å². The minimum atomic E-state index is 0.284. The van der Waals surface area contributed by atoms with Crippen LogP contribution in [0.3, 0.4) is 0 Å². The fourth-order valence-corrected chi connectivity index (χ4v) is 3.70. The highest BCUT2D eigenvalue weighted by atomic mass is 16.5. The molecule has 0 spiro atoms. The Labute approximate surface area is 158 Å². The molecule has 0 saturated heterocycles. The first-order chi connectivity index (χ1) is 13.3. The lowest BCUT2D eigenvalue weighted by molar-refractivity contribution is 0.112. The van der Waals surface area contributed by atoms with Gasteiger partial charge < -0.3 is 10.5 Å². The first-order valence-electron chi connectivity index (χ1n) is 9.43. The van der Waals surface area contributed by atoms with Crippen LogP contribution in [0, 0.1) is 0 Å². The molecular weight excluding hydrogens is 338 g/mol. The van der Waals surface area contributed by atoms with Gasteiger partial charge in [0.05, 0.1) is 11.6 Å². The molecule has 2 aromatic carbocycles. The molecule has 1 fully saturated rings. The second-order valence-corrected chi connectivity index (χ2v) is 6.94. The summed E-state index contributed by atoms with van der Waals surface area (Å²) in [6.07, 6.45) is 6.56. The molecule has 0 amide bonds. The molecule has 0 aliphatic heterocycles. The van der Waals surface area contributed by atoms with Gasteiger partial charge >= 0.3 is 0 Å². The lowest BCUT2D eigenvalue weighted by Crippen LogP contribution is -2.16. The van der Waals surface area contributed by atoms with E-state index in [-0.39, 0.29) is 6.04 Å². The number of ether oxygens (including phenoxy) is 1. The van der Waals surface area contributed by atoms with E-state index in [0.29, 0.717) is 17.1 Å². The molecule has 2 N–H and O–H groups in total. The molecule has 27 heavy (non-hydrogen) atoms. The van der Waals surface area contributed by atoms with E-state index in [1.165, 1.54) is 19.3 Å². The number of carbonyl (C=O) groups excluding carboxylic acids is 1. The third kappa shape index (κ3) is 3.58. The summed E-state index contributed by atoms with van der Waals surface area (Å²) in [6, 6.07) is 17.5. The van der Waals surface area contributed by atoms with E-state index in [2.05, 4.69) is 0 Å². The van der Waals surface area contributed by atoms with Gasteiger partial charge in [0, 0.05) is 5.56 Å². The number of nitrogens with zero attached hydrogens (tertiary/aromatic N) is 2. The number of rotatable bonds is 5. The number of anilines is 1. The molecule has 0 unspecified atom stereocenters. The second-order valence-electron chi connectivity index (χ2n) is 6.94. The Bertz CT molecular complexity index is 911. The van der Waals surface area contributed by atoms with Crippen LogP contribution >= 0.6 is 0 Å². The molecule has 0 radical (unpaired) electrons. The van der Waals surface area contributed by atoms with Crippen LogP contribution in [0.4, 0.5) is 5.82 Å². The van der Waals surface area contributed by atoms with Crippen LogP contribution in [-0.4, -0.2) is 16.1 Å².